The summed E-state index contributed by atoms with van der Waals surface area (Å²) in [5.74, 6) is 0.589. The Morgan fingerprint density at radius 3 is 2.80 bits per heavy atom. The highest BCUT2D eigenvalue weighted by Gasteiger charge is 2.17. The summed E-state index contributed by atoms with van der Waals surface area (Å²) in [5.41, 5.74) is 4.75. The molecule has 0 spiro atoms. The van der Waals surface area contributed by atoms with E-state index in [1.807, 2.05) is 0 Å². The van der Waals surface area contributed by atoms with Gasteiger partial charge in [0.1, 0.15) is 5.60 Å². The van der Waals surface area contributed by atoms with Crippen molar-refractivity contribution in [2.24, 2.45) is 5.73 Å². The van der Waals surface area contributed by atoms with Gasteiger partial charge in [0.05, 0.1) is 12.7 Å². The van der Waals surface area contributed by atoms with Crippen LogP contribution < -0.4 is 11.1 Å². The van der Waals surface area contributed by atoms with E-state index < -0.39 is 11.7 Å². The summed E-state index contributed by atoms with van der Waals surface area (Å²) >= 11 is 0. The Balaban J connectivity index is 2.51. The first kappa shape index (κ1) is 11.5. The fraction of sp³-hybridized carbons (Fsp3) is 0.556. The molecule has 0 unspecified atom stereocenters. The van der Waals surface area contributed by atoms with Crippen LogP contribution in [0.4, 0.5) is 10.7 Å². The van der Waals surface area contributed by atoms with Gasteiger partial charge in [-0.15, -0.1) is 0 Å². The van der Waals surface area contributed by atoms with Crippen molar-refractivity contribution in [3.8, 4) is 0 Å². The molecule has 0 bridgehead atoms. The van der Waals surface area contributed by atoms with E-state index in [0.29, 0.717) is 5.89 Å². The van der Waals surface area contributed by atoms with E-state index in [2.05, 4.69) is 10.3 Å². The number of hydrogen-bond acceptors (Lipinski definition) is 5. The Labute approximate surface area is 87.8 Å². The molecule has 0 atom stereocenters. The van der Waals surface area contributed by atoms with E-state index in [1.165, 1.54) is 6.20 Å². The molecule has 1 rings (SSSR count). The van der Waals surface area contributed by atoms with Crippen LogP contribution in [0.1, 0.15) is 26.7 Å². The van der Waals surface area contributed by atoms with Crippen LogP contribution in [-0.2, 0) is 11.3 Å². The number of nitrogens with one attached hydrogen (secondary N) is 1. The molecule has 3 N–H and O–H groups in total. The monoisotopic (exact) mass is 213 g/mol. The molecular weight excluding hydrogens is 198 g/mol. The smallest absolute Gasteiger partial charge is 0.414 e. The summed E-state index contributed by atoms with van der Waals surface area (Å²) in [6, 6.07) is 0. The van der Waals surface area contributed by atoms with Gasteiger partial charge in [0.2, 0.25) is 11.8 Å². The van der Waals surface area contributed by atoms with Gasteiger partial charge >= 0.3 is 6.09 Å². The number of amides is 1. The highest BCUT2D eigenvalue weighted by atomic mass is 16.6. The number of carbonyl (C=O) groups is 1. The van der Waals surface area contributed by atoms with Gasteiger partial charge in [-0.25, -0.2) is 9.78 Å². The Morgan fingerprint density at radius 2 is 2.33 bits per heavy atom. The van der Waals surface area contributed by atoms with Crippen LogP contribution in [0.5, 0.6) is 0 Å². The molecule has 1 aromatic heterocycles. The van der Waals surface area contributed by atoms with Crippen LogP contribution in [-0.4, -0.2) is 16.7 Å². The number of carbonyl (C=O) groups excluding carboxylic acids is 1. The molecule has 0 saturated heterocycles. The molecule has 0 aliphatic heterocycles. The molecule has 0 aromatic carbocycles. The van der Waals surface area contributed by atoms with Crippen LogP contribution >= 0.6 is 0 Å². The second-order valence-corrected chi connectivity index (χ2v) is 3.95. The molecule has 15 heavy (non-hydrogen) atoms. The zero-order chi connectivity index (χ0) is 11.5. The predicted molar refractivity (Wildman–Crippen MR) is 54.3 cm³/mol. The molecule has 84 valence electrons. The Morgan fingerprint density at radius 1 is 1.67 bits per heavy atom. The lowest BCUT2D eigenvalue weighted by Gasteiger charge is -2.18. The van der Waals surface area contributed by atoms with Crippen molar-refractivity contribution in [1.82, 2.24) is 4.98 Å². The second kappa shape index (κ2) is 4.31. The lowest BCUT2D eigenvalue weighted by atomic mass is 10.2. The third-order valence-electron chi connectivity index (χ3n) is 1.35. The predicted octanol–water partition coefficient (Wildman–Crippen LogP) is 1.48. The second-order valence-electron chi connectivity index (χ2n) is 3.95. The molecule has 0 saturated carbocycles. The van der Waals surface area contributed by atoms with E-state index in [9.17, 15) is 4.79 Å². The number of nitrogens with zero attached hydrogens (tertiary/aromatic N) is 1. The third-order valence-corrected chi connectivity index (χ3v) is 1.35. The summed E-state index contributed by atoms with van der Waals surface area (Å²) in [4.78, 5) is 15.1. The summed E-state index contributed by atoms with van der Waals surface area (Å²) < 4.78 is 10.1. The van der Waals surface area contributed by atoms with Crippen molar-refractivity contribution in [1.29, 1.82) is 0 Å². The van der Waals surface area contributed by atoms with Crippen molar-refractivity contribution in [2.45, 2.75) is 32.9 Å². The number of rotatable bonds is 2. The molecule has 0 fully saturated rings. The molecule has 1 aromatic rings. The standard InChI is InChI=1S/C9H15N3O3/c1-9(2,3)15-8(13)12-7-5-11-6(4-10)14-7/h5H,4,10H2,1-3H3,(H,12,13). The number of nitrogens with two attached hydrogens (primary N) is 1. The van der Waals surface area contributed by atoms with Crippen LogP contribution in [0.25, 0.3) is 0 Å². The first-order valence-corrected chi connectivity index (χ1v) is 4.55. The average Bonchev–Trinajstić information content (AvgIpc) is 2.48. The number of ether oxygens (including phenoxy) is 1. The van der Waals surface area contributed by atoms with Gasteiger partial charge in [-0.2, -0.15) is 0 Å². The maximum absolute atomic E-state index is 11.3. The average molecular weight is 213 g/mol. The Bertz CT molecular complexity index is 341. The van der Waals surface area contributed by atoms with Crippen LogP contribution in [0, 0.1) is 0 Å². The molecule has 0 aliphatic carbocycles. The molecular formula is C9H15N3O3. The van der Waals surface area contributed by atoms with Crippen LogP contribution in [0.2, 0.25) is 0 Å². The maximum atomic E-state index is 11.3. The summed E-state index contributed by atoms with van der Waals surface area (Å²) in [7, 11) is 0. The Hall–Kier alpha value is -1.56. The van der Waals surface area contributed by atoms with Crippen molar-refractivity contribution < 1.29 is 13.9 Å². The van der Waals surface area contributed by atoms with Crippen molar-refractivity contribution >= 4 is 12.0 Å². The highest BCUT2D eigenvalue weighted by molar-refractivity contribution is 5.82. The summed E-state index contributed by atoms with van der Waals surface area (Å²) in [6.07, 6.45) is 0.800. The zero-order valence-corrected chi connectivity index (χ0v) is 9.03. The number of oxazole rings is 1. The molecule has 0 aliphatic rings. The van der Waals surface area contributed by atoms with Crippen molar-refractivity contribution in [2.75, 3.05) is 5.32 Å². The minimum atomic E-state index is -0.581. The fourth-order valence-electron chi connectivity index (χ4n) is 0.867. The molecule has 0 radical (unpaired) electrons. The lowest BCUT2D eigenvalue weighted by Crippen LogP contribution is -2.27. The van der Waals surface area contributed by atoms with Gasteiger partial charge in [0.15, 0.2) is 0 Å². The van der Waals surface area contributed by atoms with Crippen molar-refractivity contribution in [3.63, 3.8) is 0 Å². The maximum Gasteiger partial charge on any atom is 0.414 e. The zero-order valence-electron chi connectivity index (χ0n) is 9.03. The lowest BCUT2D eigenvalue weighted by molar-refractivity contribution is 0.0632. The number of hydrogen-bond donors (Lipinski definition) is 2. The molecule has 6 nitrogen and oxygen atoms in total. The number of aromatic nitrogens is 1. The summed E-state index contributed by atoms with van der Waals surface area (Å²) in [6.45, 7) is 5.52. The van der Waals surface area contributed by atoms with Crippen LogP contribution in [0.15, 0.2) is 10.6 Å². The minimum Gasteiger partial charge on any atom is -0.444 e. The quantitative estimate of drug-likeness (QED) is 0.776. The summed E-state index contributed by atoms with van der Waals surface area (Å²) in [5, 5.41) is 2.41. The van der Waals surface area contributed by atoms with Gasteiger partial charge in [-0.3, -0.25) is 5.32 Å². The van der Waals surface area contributed by atoms with Gasteiger partial charge in [-0.1, -0.05) is 0 Å². The highest BCUT2D eigenvalue weighted by Crippen LogP contribution is 2.12. The SMILES string of the molecule is CC(C)(C)OC(=O)Nc1cnc(CN)o1. The first-order chi connectivity index (χ1) is 6.90. The fourth-order valence-corrected chi connectivity index (χ4v) is 0.867. The first-order valence-electron chi connectivity index (χ1n) is 4.55. The largest absolute Gasteiger partial charge is 0.444 e. The van der Waals surface area contributed by atoms with Gasteiger partial charge in [0, 0.05) is 0 Å². The molecule has 1 heterocycles. The number of anilines is 1. The molecule has 1 amide bonds. The topological polar surface area (TPSA) is 90.4 Å². The van der Waals surface area contributed by atoms with E-state index in [4.69, 9.17) is 14.9 Å². The van der Waals surface area contributed by atoms with Gasteiger partial charge in [0.25, 0.3) is 0 Å². The van der Waals surface area contributed by atoms with E-state index in [0.717, 1.165) is 0 Å². The molecule has 6 heteroatoms. The third kappa shape index (κ3) is 3.99. The van der Waals surface area contributed by atoms with Crippen molar-refractivity contribution in [3.05, 3.63) is 12.1 Å². The Kier molecular flexibility index (Phi) is 3.31. The van der Waals surface area contributed by atoms with Gasteiger partial charge < -0.3 is 14.9 Å². The van der Waals surface area contributed by atoms with E-state index in [1.54, 1.807) is 20.8 Å². The normalized spacial score (nSPS) is 11.2. The van der Waals surface area contributed by atoms with E-state index in [-0.39, 0.29) is 12.4 Å². The van der Waals surface area contributed by atoms with E-state index >= 15 is 0 Å². The van der Waals surface area contributed by atoms with Crippen LogP contribution in [0.3, 0.4) is 0 Å². The minimum absolute atomic E-state index is 0.190. The van der Waals surface area contributed by atoms with Gasteiger partial charge in [-0.05, 0) is 20.8 Å².